The minimum atomic E-state index is -0.908. The van der Waals surface area contributed by atoms with E-state index in [0.29, 0.717) is 11.6 Å². The van der Waals surface area contributed by atoms with Gasteiger partial charge in [0.2, 0.25) is 0 Å². The summed E-state index contributed by atoms with van der Waals surface area (Å²) in [5.74, 6) is -3.89. The molecule has 2 rings (SSSR count). The molecule has 26 heavy (non-hydrogen) atoms. The number of amides is 2. The van der Waals surface area contributed by atoms with Crippen molar-refractivity contribution in [1.29, 1.82) is 0 Å². The van der Waals surface area contributed by atoms with E-state index in [1.165, 1.54) is 12.1 Å². The number of benzene rings is 2. The molecule has 2 aromatic carbocycles. The molecule has 0 atom stereocenters. The molecule has 2 aromatic rings. The highest BCUT2D eigenvalue weighted by Gasteiger charge is 2.30. The minimum Gasteiger partial charge on any atom is -0.267 e. The Kier molecular flexibility index (Phi) is 5.39. The van der Waals surface area contributed by atoms with Gasteiger partial charge in [-0.05, 0) is 57.5 Å². The number of hydrazine groups is 1. The molecular weight excluding hydrogens is 345 g/mol. The van der Waals surface area contributed by atoms with Gasteiger partial charge in [0.05, 0.1) is 5.54 Å². The first kappa shape index (κ1) is 19.5. The van der Waals surface area contributed by atoms with E-state index >= 15 is 0 Å². The van der Waals surface area contributed by atoms with Gasteiger partial charge in [-0.15, -0.1) is 0 Å². The van der Waals surface area contributed by atoms with Gasteiger partial charge in [-0.2, -0.15) is 0 Å². The predicted octanol–water partition coefficient (Wildman–Crippen LogP) is 4.00. The van der Waals surface area contributed by atoms with Crippen LogP contribution in [0.4, 0.5) is 13.2 Å². The molecule has 0 radical (unpaired) electrons. The monoisotopic (exact) mass is 364 g/mol. The number of hydrogen-bond acceptors (Lipinski definition) is 2. The number of rotatable bonds is 2. The molecule has 0 unspecified atom stereocenters. The van der Waals surface area contributed by atoms with Crippen LogP contribution >= 0.6 is 0 Å². The molecule has 0 aliphatic rings. The molecule has 2 amide bonds. The fraction of sp³-hybridized carbons (Fsp3) is 0.263. The van der Waals surface area contributed by atoms with Crippen molar-refractivity contribution in [2.24, 2.45) is 0 Å². The molecule has 7 heteroatoms. The fourth-order valence-electron chi connectivity index (χ4n) is 2.23. The molecule has 0 spiro atoms. The van der Waals surface area contributed by atoms with Crippen LogP contribution in [-0.4, -0.2) is 22.4 Å². The number of hydrogen-bond donors (Lipinski definition) is 1. The van der Waals surface area contributed by atoms with Crippen molar-refractivity contribution < 1.29 is 22.8 Å². The Morgan fingerprint density at radius 1 is 0.923 bits per heavy atom. The summed E-state index contributed by atoms with van der Waals surface area (Å²) in [6, 6.07) is 6.31. The molecule has 0 heterocycles. The topological polar surface area (TPSA) is 49.4 Å². The van der Waals surface area contributed by atoms with E-state index in [1.54, 1.807) is 27.7 Å². The quantitative estimate of drug-likeness (QED) is 0.819. The van der Waals surface area contributed by atoms with Gasteiger partial charge in [0.1, 0.15) is 17.5 Å². The first-order valence-electron chi connectivity index (χ1n) is 7.87. The smallest absolute Gasteiger partial charge is 0.267 e. The maximum atomic E-state index is 13.7. The lowest BCUT2D eigenvalue weighted by Crippen LogP contribution is -2.55. The summed E-state index contributed by atoms with van der Waals surface area (Å²) < 4.78 is 40.5. The first-order chi connectivity index (χ1) is 12.0. The molecule has 0 saturated carbocycles. The molecule has 0 saturated heterocycles. The van der Waals surface area contributed by atoms with Crippen molar-refractivity contribution in [3.05, 3.63) is 70.5 Å². The summed E-state index contributed by atoms with van der Waals surface area (Å²) in [4.78, 5) is 25.1. The third kappa shape index (κ3) is 4.41. The van der Waals surface area contributed by atoms with Crippen LogP contribution in [0.15, 0.2) is 36.4 Å². The zero-order valence-electron chi connectivity index (χ0n) is 14.9. The lowest BCUT2D eigenvalue weighted by molar-refractivity contribution is 0.0358. The zero-order valence-corrected chi connectivity index (χ0v) is 14.9. The van der Waals surface area contributed by atoms with Crippen LogP contribution in [0.5, 0.6) is 0 Å². The van der Waals surface area contributed by atoms with Gasteiger partial charge in [0.25, 0.3) is 11.8 Å². The Labute approximate surface area is 149 Å². The van der Waals surface area contributed by atoms with E-state index < -0.39 is 34.8 Å². The largest absolute Gasteiger partial charge is 0.272 e. The van der Waals surface area contributed by atoms with Crippen molar-refractivity contribution in [3.8, 4) is 0 Å². The van der Waals surface area contributed by atoms with Gasteiger partial charge < -0.3 is 0 Å². The Hall–Kier alpha value is -2.83. The molecule has 0 bridgehead atoms. The molecule has 0 aliphatic carbocycles. The lowest BCUT2D eigenvalue weighted by atomic mass is 10.1. The second-order valence-electron chi connectivity index (χ2n) is 6.87. The van der Waals surface area contributed by atoms with Crippen molar-refractivity contribution in [2.75, 3.05) is 0 Å². The molecule has 0 aromatic heterocycles. The number of nitrogens with zero attached hydrogens (tertiary/aromatic N) is 1. The van der Waals surface area contributed by atoms with Crippen molar-refractivity contribution in [3.63, 3.8) is 0 Å². The highest BCUT2D eigenvalue weighted by molar-refractivity contribution is 5.99. The number of aryl methyl sites for hydroxylation is 1. The Morgan fingerprint density at radius 2 is 1.50 bits per heavy atom. The van der Waals surface area contributed by atoms with Crippen molar-refractivity contribution in [1.82, 2.24) is 10.4 Å². The van der Waals surface area contributed by atoms with Crippen LogP contribution in [0.3, 0.4) is 0 Å². The average molecular weight is 364 g/mol. The van der Waals surface area contributed by atoms with Crippen molar-refractivity contribution >= 4 is 11.8 Å². The van der Waals surface area contributed by atoms with E-state index in [2.05, 4.69) is 5.43 Å². The predicted molar refractivity (Wildman–Crippen MR) is 90.9 cm³/mol. The summed E-state index contributed by atoms with van der Waals surface area (Å²) >= 11 is 0. The van der Waals surface area contributed by atoms with E-state index in [9.17, 15) is 22.8 Å². The third-order valence-corrected chi connectivity index (χ3v) is 3.63. The Morgan fingerprint density at radius 3 is 2.00 bits per heavy atom. The van der Waals surface area contributed by atoms with E-state index in [1.807, 2.05) is 0 Å². The fourth-order valence-corrected chi connectivity index (χ4v) is 2.23. The first-order valence-corrected chi connectivity index (χ1v) is 7.87. The van der Waals surface area contributed by atoms with E-state index in [4.69, 9.17) is 0 Å². The SMILES string of the molecule is Cc1ccc(C(=O)NN(C(=O)c2cc(F)cc(F)c2)C(C)(C)C)cc1F. The van der Waals surface area contributed by atoms with Gasteiger partial charge in [-0.1, -0.05) is 6.07 Å². The molecule has 4 nitrogen and oxygen atoms in total. The normalized spacial score (nSPS) is 11.2. The molecule has 0 fully saturated rings. The van der Waals surface area contributed by atoms with Crippen LogP contribution in [-0.2, 0) is 0 Å². The van der Waals surface area contributed by atoms with E-state index in [-0.39, 0.29) is 11.1 Å². The molecular formula is C19H19F3N2O2. The number of carbonyl (C=O) groups is 2. The number of nitrogens with one attached hydrogen (secondary N) is 1. The van der Waals surface area contributed by atoms with Gasteiger partial charge in [-0.25, -0.2) is 18.2 Å². The van der Waals surface area contributed by atoms with Crippen LogP contribution < -0.4 is 5.43 Å². The second-order valence-corrected chi connectivity index (χ2v) is 6.87. The highest BCUT2D eigenvalue weighted by atomic mass is 19.1. The van der Waals surface area contributed by atoms with Crippen LogP contribution in [0.2, 0.25) is 0 Å². The summed E-state index contributed by atoms with van der Waals surface area (Å²) in [6.45, 7) is 6.46. The highest BCUT2D eigenvalue weighted by Crippen LogP contribution is 2.18. The minimum absolute atomic E-state index is 0.0144. The maximum Gasteiger partial charge on any atom is 0.272 e. The average Bonchev–Trinajstić information content (AvgIpc) is 2.52. The Bertz CT molecular complexity index is 840. The van der Waals surface area contributed by atoms with E-state index in [0.717, 1.165) is 23.2 Å². The Balaban J connectivity index is 2.34. The van der Waals surface area contributed by atoms with Gasteiger partial charge in [-0.3, -0.25) is 15.0 Å². The standard InChI is InChI=1S/C19H19F3N2O2/c1-11-5-6-12(9-16(11)22)17(25)23-24(19(2,3)4)18(26)13-7-14(20)10-15(21)8-13/h5-10H,1-4H3,(H,23,25). The van der Waals surface area contributed by atoms with Gasteiger partial charge >= 0.3 is 0 Å². The summed E-state index contributed by atoms with van der Waals surface area (Å²) in [6.07, 6.45) is 0. The zero-order chi connectivity index (χ0) is 19.6. The summed E-state index contributed by atoms with van der Waals surface area (Å²) in [5, 5.41) is 0.960. The second kappa shape index (κ2) is 7.19. The van der Waals surface area contributed by atoms with Crippen LogP contribution in [0.1, 0.15) is 47.1 Å². The summed E-state index contributed by atoms with van der Waals surface area (Å²) in [7, 11) is 0. The molecule has 1 N–H and O–H groups in total. The van der Waals surface area contributed by atoms with Crippen LogP contribution in [0, 0.1) is 24.4 Å². The maximum absolute atomic E-state index is 13.7. The molecule has 138 valence electrons. The van der Waals surface area contributed by atoms with Crippen LogP contribution in [0.25, 0.3) is 0 Å². The summed E-state index contributed by atoms with van der Waals surface area (Å²) in [5.41, 5.74) is 1.62. The molecule has 0 aliphatic heterocycles. The van der Waals surface area contributed by atoms with Crippen molar-refractivity contribution in [2.45, 2.75) is 33.2 Å². The van der Waals surface area contributed by atoms with Gasteiger partial charge in [0.15, 0.2) is 0 Å². The number of halogens is 3. The number of carbonyl (C=O) groups excluding carboxylic acids is 2. The van der Waals surface area contributed by atoms with Gasteiger partial charge in [0, 0.05) is 17.2 Å². The lowest BCUT2D eigenvalue weighted by Gasteiger charge is -2.35. The third-order valence-electron chi connectivity index (χ3n) is 3.63.